The Labute approximate surface area is 83.7 Å². The molecular formula is C9H18N2O3. The van der Waals surface area contributed by atoms with Crippen molar-refractivity contribution in [3.8, 4) is 0 Å². The normalized spacial score (nSPS) is 13.4. The molecule has 0 spiro atoms. The monoisotopic (exact) mass is 202 g/mol. The second-order valence-corrected chi connectivity index (χ2v) is 3.87. The Hall–Kier alpha value is -1.10. The molecule has 0 aliphatic heterocycles. The first-order valence-corrected chi connectivity index (χ1v) is 4.61. The van der Waals surface area contributed by atoms with Crippen LogP contribution in [0.25, 0.3) is 0 Å². The fourth-order valence-corrected chi connectivity index (χ4v) is 0.890. The molecule has 5 nitrogen and oxygen atoms in total. The topological polar surface area (TPSA) is 92.4 Å². The summed E-state index contributed by atoms with van der Waals surface area (Å²) in [7, 11) is 0. The van der Waals surface area contributed by atoms with E-state index in [9.17, 15) is 9.59 Å². The first-order chi connectivity index (χ1) is 6.29. The van der Waals surface area contributed by atoms with Gasteiger partial charge in [0, 0.05) is 0 Å². The molecule has 0 radical (unpaired) electrons. The molecule has 0 rings (SSSR count). The Morgan fingerprint density at radius 3 is 2.29 bits per heavy atom. The fourth-order valence-electron chi connectivity index (χ4n) is 0.890. The van der Waals surface area contributed by atoms with E-state index in [1.165, 1.54) is 13.8 Å². The molecule has 0 aliphatic carbocycles. The minimum Gasteiger partial charge on any atom is -0.480 e. The molecule has 14 heavy (non-hydrogen) atoms. The summed E-state index contributed by atoms with van der Waals surface area (Å²) in [6.45, 7) is 4.93. The number of carboxylic acid groups (broad SMARTS) is 1. The van der Waals surface area contributed by atoms with E-state index >= 15 is 0 Å². The van der Waals surface area contributed by atoms with Gasteiger partial charge in [-0.2, -0.15) is 0 Å². The minimum absolute atomic E-state index is 0.414. The number of carbonyl (C=O) groups excluding carboxylic acids is 1. The summed E-state index contributed by atoms with van der Waals surface area (Å²) >= 11 is 0. The van der Waals surface area contributed by atoms with Gasteiger partial charge in [0.1, 0.15) is 6.04 Å². The highest BCUT2D eigenvalue weighted by Gasteiger charge is 2.26. The standard InChI is InChI=1S/C9H18N2O3/c1-4-5-6(7(12)13)11-8(14)9(2,3)10/h6H,4-5,10H2,1-3H3,(H,11,14)(H,12,13)/t6-/m0/s1. The van der Waals surface area contributed by atoms with E-state index in [1.54, 1.807) is 0 Å². The third-order valence-electron chi connectivity index (χ3n) is 1.77. The molecule has 0 aromatic heterocycles. The van der Waals surface area contributed by atoms with Gasteiger partial charge in [-0.05, 0) is 20.3 Å². The lowest BCUT2D eigenvalue weighted by atomic mass is 10.0. The van der Waals surface area contributed by atoms with Gasteiger partial charge in [-0.25, -0.2) is 4.79 Å². The Kier molecular flexibility index (Phi) is 4.56. The van der Waals surface area contributed by atoms with Gasteiger partial charge in [0.25, 0.3) is 0 Å². The average Bonchev–Trinajstić information content (AvgIpc) is 2.01. The molecule has 4 N–H and O–H groups in total. The van der Waals surface area contributed by atoms with Crippen molar-refractivity contribution < 1.29 is 14.7 Å². The summed E-state index contributed by atoms with van der Waals surface area (Å²) in [5, 5.41) is 11.2. The molecule has 0 fully saturated rings. The van der Waals surface area contributed by atoms with E-state index in [1.807, 2.05) is 6.92 Å². The zero-order valence-corrected chi connectivity index (χ0v) is 8.83. The zero-order valence-electron chi connectivity index (χ0n) is 8.83. The number of amides is 1. The molecule has 0 aromatic carbocycles. The van der Waals surface area contributed by atoms with Crippen molar-refractivity contribution in [3.05, 3.63) is 0 Å². The van der Waals surface area contributed by atoms with Crippen molar-refractivity contribution in [2.24, 2.45) is 5.73 Å². The second-order valence-electron chi connectivity index (χ2n) is 3.87. The zero-order chi connectivity index (χ0) is 11.4. The number of hydrogen-bond donors (Lipinski definition) is 3. The maximum atomic E-state index is 11.4. The summed E-state index contributed by atoms with van der Waals surface area (Å²) in [6.07, 6.45) is 1.11. The van der Waals surface area contributed by atoms with Gasteiger partial charge in [-0.3, -0.25) is 4.79 Å². The third-order valence-corrected chi connectivity index (χ3v) is 1.77. The first kappa shape index (κ1) is 12.9. The highest BCUT2D eigenvalue weighted by molar-refractivity contribution is 5.89. The van der Waals surface area contributed by atoms with E-state index in [-0.39, 0.29) is 0 Å². The van der Waals surface area contributed by atoms with E-state index in [0.717, 1.165) is 0 Å². The smallest absolute Gasteiger partial charge is 0.326 e. The van der Waals surface area contributed by atoms with Crippen LogP contribution in [0.4, 0.5) is 0 Å². The van der Waals surface area contributed by atoms with Gasteiger partial charge in [0.05, 0.1) is 5.54 Å². The van der Waals surface area contributed by atoms with Crippen molar-refractivity contribution in [1.29, 1.82) is 0 Å². The SMILES string of the molecule is CCC[C@H](NC(=O)C(C)(C)N)C(=O)O. The van der Waals surface area contributed by atoms with Crippen LogP contribution in [0.1, 0.15) is 33.6 Å². The lowest BCUT2D eigenvalue weighted by molar-refractivity contribution is -0.142. The van der Waals surface area contributed by atoms with Crippen LogP contribution >= 0.6 is 0 Å². The van der Waals surface area contributed by atoms with Crippen molar-refractivity contribution in [3.63, 3.8) is 0 Å². The van der Waals surface area contributed by atoms with Gasteiger partial charge in [0.15, 0.2) is 0 Å². The molecule has 1 atom stereocenters. The maximum Gasteiger partial charge on any atom is 0.326 e. The van der Waals surface area contributed by atoms with Crippen molar-refractivity contribution in [1.82, 2.24) is 5.32 Å². The van der Waals surface area contributed by atoms with Crippen molar-refractivity contribution >= 4 is 11.9 Å². The summed E-state index contributed by atoms with van der Waals surface area (Å²) in [5.74, 6) is -1.47. The van der Waals surface area contributed by atoms with Crippen LogP contribution in [0.2, 0.25) is 0 Å². The van der Waals surface area contributed by atoms with Crippen molar-refractivity contribution in [2.75, 3.05) is 0 Å². The maximum absolute atomic E-state index is 11.4. The summed E-state index contributed by atoms with van der Waals surface area (Å²) in [4.78, 5) is 22.1. The molecule has 0 saturated heterocycles. The van der Waals surface area contributed by atoms with E-state index in [2.05, 4.69) is 5.32 Å². The number of carboxylic acids is 1. The van der Waals surface area contributed by atoms with Gasteiger partial charge in [-0.15, -0.1) is 0 Å². The number of nitrogens with one attached hydrogen (secondary N) is 1. The summed E-state index contributed by atoms with van der Waals surface area (Å²) in [5.41, 5.74) is 4.48. The highest BCUT2D eigenvalue weighted by atomic mass is 16.4. The Morgan fingerprint density at radius 1 is 1.50 bits per heavy atom. The number of rotatable bonds is 5. The van der Waals surface area contributed by atoms with Gasteiger partial charge < -0.3 is 16.2 Å². The molecule has 0 aliphatic rings. The molecular weight excluding hydrogens is 184 g/mol. The lowest BCUT2D eigenvalue weighted by Gasteiger charge is -2.21. The van der Waals surface area contributed by atoms with Gasteiger partial charge >= 0.3 is 5.97 Å². The van der Waals surface area contributed by atoms with E-state index in [4.69, 9.17) is 10.8 Å². The number of carbonyl (C=O) groups is 2. The summed E-state index contributed by atoms with van der Waals surface area (Å²) < 4.78 is 0. The third kappa shape index (κ3) is 4.23. The van der Waals surface area contributed by atoms with Gasteiger partial charge in [0.2, 0.25) is 5.91 Å². The van der Waals surface area contributed by atoms with Crippen LogP contribution in [-0.4, -0.2) is 28.6 Å². The average molecular weight is 202 g/mol. The Balaban J connectivity index is 4.31. The number of nitrogens with two attached hydrogens (primary N) is 1. The number of aliphatic carboxylic acids is 1. The van der Waals surface area contributed by atoms with Crippen LogP contribution in [0.5, 0.6) is 0 Å². The van der Waals surface area contributed by atoms with Crippen LogP contribution < -0.4 is 11.1 Å². The fraction of sp³-hybridized carbons (Fsp3) is 0.778. The van der Waals surface area contributed by atoms with E-state index < -0.39 is 23.5 Å². The van der Waals surface area contributed by atoms with E-state index in [0.29, 0.717) is 12.8 Å². The largest absolute Gasteiger partial charge is 0.480 e. The van der Waals surface area contributed by atoms with Crippen LogP contribution in [0.15, 0.2) is 0 Å². The van der Waals surface area contributed by atoms with Gasteiger partial charge in [-0.1, -0.05) is 13.3 Å². The Bertz CT molecular complexity index is 221. The molecule has 82 valence electrons. The molecule has 0 bridgehead atoms. The molecule has 0 aromatic rings. The molecule has 0 unspecified atom stereocenters. The van der Waals surface area contributed by atoms with Crippen LogP contribution in [0, 0.1) is 0 Å². The predicted molar refractivity (Wildman–Crippen MR) is 52.7 cm³/mol. The highest BCUT2D eigenvalue weighted by Crippen LogP contribution is 2.01. The molecule has 0 heterocycles. The minimum atomic E-state index is -1.04. The molecule has 0 saturated carbocycles. The Morgan fingerprint density at radius 2 is 2.00 bits per heavy atom. The molecule has 5 heteroatoms. The number of hydrogen-bond acceptors (Lipinski definition) is 3. The predicted octanol–water partition coefficient (Wildman–Crippen LogP) is 0.0932. The molecule has 1 amide bonds. The summed E-state index contributed by atoms with van der Waals surface area (Å²) in [6, 6.07) is -0.838. The van der Waals surface area contributed by atoms with Crippen LogP contribution in [-0.2, 0) is 9.59 Å². The first-order valence-electron chi connectivity index (χ1n) is 4.61. The van der Waals surface area contributed by atoms with Crippen LogP contribution in [0.3, 0.4) is 0 Å². The quantitative estimate of drug-likeness (QED) is 0.589. The second kappa shape index (κ2) is 4.95. The van der Waals surface area contributed by atoms with Crippen molar-refractivity contribution in [2.45, 2.75) is 45.2 Å². The lowest BCUT2D eigenvalue weighted by Crippen LogP contribution is -2.53.